The lowest BCUT2D eigenvalue weighted by Crippen LogP contribution is -1.93. The summed E-state index contributed by atoms with van der Waals surface area (Å²) in [4.78, 5) is 0. The summed E-state index contributed by atoms with van der Waals surface area (Å²) in [7, 11) is 0. The van der Waals surface area contributed by atoms with Crippen LogP contribution in [0.15, 0.2) is 36.4 Å². The Hall–Kier alpha value is -1.51. The van der Waals surface area contributed by atoms with E-state index in [1.54, 1.807) is 18.2 Å². The highest BCUT2D eigenvalue weighted by atomic mass is 35.5. The Labute approximate surface area is 112 Å². The van der Waals surface area contributed by atoms with E-state index in [1.165, 1.54) is 0 Å². The molecule has 0 spiro atoms. The van der Waals surface area contributed by atoms with Crippen LogP contribution in [0.3, 0.4) is 0 Å². The fourth-order valence-electron chi connectivity index (χ4n) is 1.69. The molecule has 0 aliphatic heterocycles. The number of aryl methyl sites for hydroxylation is 2. The van der Waals surface area contributed by atoms with Gasteiger partial charge in [-0.15, -0.1) is 0 Å². The zero-order chi connectivity index (χ0) is 13.1. The van der Waals surface area contributed by atoms with Crippen molar-refractivity contribution in [1.29, 1.82) is 0 Å². The fourth-order valence-corrected chi connectivity index (χ4v) is 1.85. The van der Waals surface area contributed by atoms with Crippen molar-refractivity contribution in [3.8, 4) is 11.5 Å². The molecule has 0 amide bonds. The molecule has 0 aliphatic rings. The second kappa shape index (κ2) is 5.42. The van der Waals surface area contributed by atoms with Gasteiger partial charge in [0.25, 0.3) is 0 Å². The van der Waals surface area contributed by atoms with Crippen LogP contribution in [0, 0.1) is 13.8 Å². The van der Waals surface area contributed by atoms with Crippen LogP contribution in [-0.2, 0) is 6.61 Å². The topological polar surface area (TPSA) is 29.5 Å². The summed E-state index contributed by atoms with van der Waals surface area (Å²) in [5.74, 6) is 1.38. The number of ether oxygens (including phenoxy) is 1. The van der Waals surface area contributed by atoms with E-state index in [4.69, 9.17) is 16.3 Å². The van der Waals surface area contributed by atoms with Crippen LogP contribution >= 0.6 is 11.6 Å². The molecular weight excluding hydrogens is 248 g/mol. The van der Waals surface area contributed by atoms with Crippen molar-refractivity contribution >= 4 is 11.6 Å². The van der Waals surface area contributed by atoms with E-state index in [1.807, 2.05) is 32.0 Å². The zero-order valence-corrected chi connectivity index (χ0v) is 11.2. The molecule has 3 heteroatoms. The number of rotatable bonds is 3. The van der Waals surface area contributed by atoms with E-state index >= 15 is 0 Å². The minimum Gasteiger partial charge on any atom is -0.457 e. The van der Waals surface area contributed by atoms with Gasteiger partial charge >= 0.3 is 0 Å². The second-order valence-corrected chi connectivity index (χ2v) is 4.72. The lowest BCUT2D eigenvalue weighted by molar-refractivity contribution is 0.276. The quantitative estimate of drug-likeness (QED) is 0.896. The smallest absolute Gasteiger partial charge is 0.134 e. The molecular formula is C15H15ClO2. The van der Waals surface area contributed by atoms with Crippen LogP contribution in [0.2, 0.25) is 5.02 Å². The van der Waals surface area contributed by atoms with Crippen LogP contribution in [-0.4, -0.2) is 5.11 Å². The Morgan fingerprint density at radius 2 is 1.83 bits per heavy atom. The highest BCUT2D eigenvalue weighted by Gasteiger charge is 2.07. The maximum Gasteiger partial charge on any atom is 0.134 e. The Balaban J connectivity index is 2.38. The molecule has 94 valence electrons. The van der Waals surface area contributed by atoms with Gasteiger partial charge in [0.2, 0.25) is 0 Å². The molecule has 0 saturated heterocycles. The number of aliphatic hydroxyl groups excluding tert-OH is 1. The monoisotopic (exact) mass is 262 g/mol. The first-order valence-electron chi connectivity index (χ1n) is 5.74. The van der Waals surface area contributed by atoms with Gasteiger partial charge in [-0.05, 0) is 43.2 Å². The minimum atomic E-state index is -0.0721. The molecule has 0 fully saturated rings. The molecule has 0 saturated carbocycles. The lowest BCUT2D eigenvalue weighted by atomic mass is 10.1. The van der Waals surface area contributed by atoms with Crippen molar-refractivity contribution in [2.24, 2.45) is 0 Å². The van der Waals surface area contributed by atoms with E-state index in [9.17, 15) is 5.11 Å². The molecule has 0 radical (unpaired) electrons. The summed E-state index contributed by atoms with van der Waals surface area (Å²) < 4.78 is 5.85. The summed E-state index contributed by atoms with van der Waals surface area (Å²) in [6, 6.07) is 11.2. The summed E-state index contributed by atoms with van der Waals surface area (Å²) in [6.07, 6.45) is 0. The fraction of sp³-hybridized carbons (Fsp3) is 0.200. The number of benzene rings is 2. The molecule has 2 aromatic carbocycles. The summed E-state index contributed by atoms with van der Waals surface area (Å²) in [5, 5.41) is 9.88. The predicted octanol–water partition coefficient (Wildman–Crippen LogP) is 4.24. The average Bonchev–Trinajstić information content (AvgIpc) is 2.34. The number of aliphatic hydroxyl groups is 1. The first kappa shape index (κ1) is 12.9. The maximum atomic E-state index is 9.29. The second-order valence-electron chi connectivity index (χ2n) is 4.28. The van der Waals surface area contributed by atoms with E-state index in [2.05, 4.69) is 0 Å². The molecule has 2 aromatic rings. The predicted molar refractivity (Wildman–Crippen MR) is 73.4 cm³/mol. The largest absolute Gasteiger partial charge is 0.457 e. The van der Waals surface area contributed by atoms with E-state index in [0.717, 1.165) is 22.4 Å². The Bertz CT molecular complexity index is 564. The third-order valence-corrected chi connectivity index (χ3v) is 3.00. The molecule has 0 aromatic heterocycles. The summed E-state index contributed by atoms with van der Waals surface area (Å²) in [6.45, 7) is 3.92. The SMILES string of the molecule is Cc1ccc(C)c(Oc2cc(Cl)ccc2CO)c1. The van der Waals surface area contributed by atoms with E-state index in [-0.39, 0.29) is 6.61 Å². The maximum absolute atomic E-state index is 9.29. The van der Waals surface area contributed by atoms with Crippen molar-refractivity contribution in [3.63, 3.8) is 0 Å². The molecule has 0 bridgehead atoms. The van der Waals surface area contributed by atoms with Gasteiger partial charge in [-0.25, -0.2) is 0 Å². The van der Waals surface area contributed by atoms with Crippen LogP contribution in [0.5, 0.6) is 11.5 Å². The van der Waals surface area contributed by atoms with Crippen LogP contribution < -0.4 is 4.74 Å². The van der Waals surface area contributed by atoms with Gasteiger partial charge in [-0.1, -0.05) is 29.8 Å². The third kappa shape index (κ3) is 2.84. The van der Waals surface area contributed by atoms with Gasteiger partial charge in [0.1, 0.15) is 11.5 Å². The average molecular weight is 263 g/mol. The van der Waals surface area contributed by atoms with Gasteiger partial charge in [-0.3, -0.25) is 0 Å². The highest BCUT2D eigenvalue weighted by molar-refractivity contribution is 6.30. The van der Waals surface area contributed by atoms with Crippen LogP contribution in [0.1, 0.15) is 16.7 Å². The minimum absolute atomic E-state index is 0.0721. The summed E-state index contributed by atoms with van der Waals surface area (Å²) in [5.41, 5.74) is 2.90. The van der Waals surface area contributed by atoms with Crippen LogP contribution in [0.4, 0.5) is 0 Å². The van der Waals surface area contributed by atoms with Crippen LogP contribution in [0.25, 0.3) is 0 Å². The van der Waals surface area contributed by atoms with Gasteiger partial charge in [0.05, 0.1) is 6.61 Å². The number of hydrogen-bond acceptors (Lipinski definition) is 2. The first-order valence-corrected chi connectivity index (χ1v) is 6.12. The molecule has 1 N–H and O–H groups in total. The lowest BCUT2D eigenvalue weighted by Gasteiger charge is -2.12. The Morgan fingerprint density at radius 1 is 1.06 bits per heavy atom. The molecule has 2 nitrogen and oxygen atoms in total. The van der Waals surface area contributed by atoms with Crippen molar-refractivity contribution in [2.45, 2.75) is 20.5 Å². The van der Waals surface area contributed by atoms with E-state index < -0.39 is 0 Å². The van der Waals surface area contributed by atoms with E-state index in [0.29, 0.717) is 10.8 Å². The third-order valence-electron chi connectivity index (χ3n) is 2.76. The van der Waals surface area contributed by atoms with Gasteiger partial charge in [0.15, 0.2) is 0 Å². The van der Waals surface area contributed by atoms with Gasteiger partial charge < -0.3 is 9.84 Å². The van der Waals surface area contributed by atoms with Crippen molar-refractivity contribution < 1.29 is 9.84 Å². The molecule has 0 unspecified atom stereocenters. The summed E-state index contributed by atoms with van der Waals surface area (Å²) >= 11 is 5.95. The molecule has 0 heterocycles. The van der Waals surface area contributed by atoms with Crippen molar-refractivity contribution in [1.82, 2.24) is 0 Å². The van der Waals surface area contributed by atoms with Crippen molar-refractivity contribution in [2.75, 3.05) is 0 Å². The molecule has 0 aliphatic carbocycles. The first-order chi connectivity index (χ1) is 8.60. The highest BCUT2D eigenvalue weighted by Crippen LogP contribution is 2.30. The molecule has 0 atom stereocenters. The zero-order valence-electron chi connectivity index (χ0n) is 10.4. The number of hydrogen-bond donors (Lipinski definition) is 1. The molecule has 18 heavy (non-hydrogen) atoms. The number of halogens is 1. The van der Waals surface area contributed by atoms with Gasteiger partial charge in [0, 0.05) is 10.6 Å². The molecule has 2 rings (SSSR count). The Kier molecular flexibility index (Phi) is 3.90. The normalized spacial score (nSPS) is 10.4. The Morgan fingerprint density at radius 3 is 2.56 bits per heavy atom. The van der Waals surface area contributed by atoms with Gasteiger partial charge in [-0.2, -0.15) is 0 Å². The van der Waals surface area contributed by atoms with Crippen molar-refractivity contribution in [3.05, 3.63) is 58.1 Å². The standard InChI is InChI=1S/C15H15ClO2/c1-10-3-4-11(2)14(7-10)18-15-8-13(16)6-5-12(15)9-17/h3-8,17H,9H2,1-2H3.